The molecular formula is C13H12O4. The number of ketones is 1. The van der Waals surface area contributed by atoms with Gasteiger partial charge in [-0.25, -0.2) is 0 Å². The highest BCUT2D eigenvalue weighted by atomic mass is 16.7. The lowest BCUT2D eigenvalue weighted by Gasteiger charge is -2.36. The van der Waals surface area contributed by atoms with Crippen molar-refractivity contribution in [2.45, 2.75) is 18.5 Å². The molecule has 0 amide bonds. The molecular weight excluding hydrogens is 220 g/mol. The van der Waals surface area contributed by atoms with Crippen LogP contribution in [-0.2, 0) is 19.0 Å². The normalized spacial score (nSPS) is 31.8. The van der Waals surface area contributed by atoms with Crippen molar-refractivity contribution in [3.05, 3.63) is 48.2 Å². The van der Waals surface area contributed by atoms with Crippen LogP contribution >= 0.6 is 0 Å². The minimum Gasteiger partial charge on any atom is -0.492 e. The minimum atomic E-state index is -0.557. The fourth-order valence-corrected chi connectivity index (χ4v) is 1.98. The van der Waals surface area contributed by atoms with E-state index >= 15 is 0 Å². The van der Waals surface area contributed by atoms with Crippen molar-refractivity contribution in [2.75, 3.05) is 6.61 Å². The first-order valence-electron chi connectivity index (χ1n) is 5.52. The predicted octanol–water partition coefficient (Wildman–Crippen LogP) is 1.58. The molecule has 4 nitrogen and oxygen atoms in total. The average Bonchev–Trinajstić information content (AvgIpc) is 2.40. The molecule has 1 saturated heterocycles. The summed E-state index contributed by atoms with van der Waals surface area (Å²) in [4.78, 5) is 11.7. The summed E-state index contributed by atoms with van der Waals surface area (Å²) in [7, 11) is 0. The zero-order chi connectivity index (χ0) is 11.7. The third kappa shape index (κ3) is 1.97. The number of fused-ring (bicyclic) bond motifs is 1. The SMILES string of the molecule is O=C1C=CO[C@@H]2COC(c3ccccc3)O[C@@H]12. The molecule has 1 aromatic carbocycles. The second-order valence-electron chi connectivity index (χ2n) is 4.01. The maximum Gasteiger partial charge on any atom is 0.191 e. The van der Waals surface area contributed by atoms with Crippen LogP contribution in [0.3, 0.4) is 0 Å². The molecule has 3 atom stereocenters. The number of ether oxygens (including phenoxy) is 3. The molecule has 0 spiro atoms. The molecule has 1 aromatic rings. The molecule has 1 fully saturated rings. The summed E-state index contributed by atoms with van der Waals surface area (Å²) in [5.41, 5.74) is 0.910. The van der Waals surface area contributed by atoms with Gasteiger partial charge in [-0.05, 0) is 0 Å². The lowest BCUT2D eigenvalue weighted by Crippen LogP contribution is -2.47. The second kappa shape index (κ2) is 4.31. The monoisotopic (exact) mass is 232 g/mol. The van der Waals surface area contributed by atoms with Crippen LogP contribution in [0.4, 0.5) is 0 Å². The van der Waals surface area contributed by atoms with Gasteiger partial charge < -0.3 is 14.2 Å². The van der Waals surface area contributed by atoms with Crippen LogP contribution in [0.25, 0.3) is 0 Å². The van der Waals surface area contributed by atoms with Crippen molar-refractivity contribution in [3.63, 3.8) is 0 Å². The summed E-state index contributed by atoms with van der Waals surface area (Å²) in [6.07, 6.45) is 1.43. The number of carbonyl (C=O) groups excluding carboxylic acids is 1. The van der Waals surface area contributed by atoms with Gasteiger partial charge in [-0.2, -0.15) is 0 Å². The van der Waals surface area contributed by atoms with E-state index < -0.39 is 12.4 Å². The van der Waals surface area contributed by atoms with E-state index in [0.29, 0.717) is 6.61 Å². The van der Waals surface area contributed by atoms with Crippen molar-refractivity contribution < 1.29 is 19.0 Å². The Morgan fingerprint density at radius 2 is 2.00 bits per heavy atom. The third-order valence-electron chi connectivity index (χ3n) is 2.86. The quantitative estimate of drug-likeness (QED) is 0.737. The molecule has 17 heavy (non-hydrogen) atoms. The van der Waals surface area contributed by atoms with Gasteiger partial charge in [0.1, 0.15) is 0 Å². The first-order chi connectivity index (χ1) is 8.34. The highest BCUT2D eigenvalue weighted by molar-refractivity contribution is 5.94. The Labute approximate surface area is 98.8 Å². The lowest BCUT2D eigenvalue weighted by molar-refractivity contribution is -0.252. The van der Waals surface area contributed by atoms with Crippen LogP contribution < -0.4 is 0 Å². The van der Waals surface area contributed by atoms with Crippen molar-refractivity contribution in [1.82, 2.24) is 0 Å². The van der Waals surface area contributed by atoms with Gasteiger partial charge in [-0.15, -0.1) is 0 Å². The Hall–Kier alpha value is -1.65. The molecule has 4 heteroatoms. The number of hydrogen-bond donors (Lipinski definition) is 0. The van der Waals surface area contributed by atoms with E-state index in [2.05, 4.69) is 0 Å². The zero-order valence-corrected chi connectivity index (χ0v) is 9.11. The van der Waals surface area contributed by atoms with E-state index in [1.165, 1.54) is 12.3 Å². The summed E-state index contributed by atoms with van der Waals surface area (Å²) >= 11 is 0. The Morgan fingerprint density at radius 3 is 2.82 bits per heavy atom. The van der Waals surface area contributed by atoms with Gasteiger partial charge in [-0.3, -0.25) is 4.79 Å². The maximum atomic E-state index is 11.7. The molecule has 0 bridgehead atoms. The average molecular weight is 232 g/mol. The van der Waals surface area contributed by atoms with Gasteiger partial charge in [0, 0.05) is 11.6 Å². The lowest BCUT2D eigenvalue weighted by atomic mass is 10.1. The summed E-state index contributed by atoms with van der Waals surface area (Å²) in [5, 5.41) is 0. The van der Waals surface area contributed by atoms with E-state index in [-0.39, 0.29) is 11.9 Å². The fraction of sp³-hybridized carbons (Fsp3) is 0.308. The molecule has 3 rings (SSSR count). The van der Waals surface area contributed by atoms with Crippen molar-refractivity contribution in [1.29, 1.82) is 0 Å². The largest absolute Gasteiger partial charge is 0.492 e. The van der Waals surface area contributed by atoms with E-state index in [9.17, 15) is 4.79 Å². The molecule has 0 radical (unpaired) electrons. The Morgan fingerprint density at radius 1 is 1.18 bits per heavy atom. The Bertz CT molecular complexity index is 440. The molecule has 0 N–H and O–H groups in total. The van der Waals surface area contributed by atoms with Crippen LogP contribution in [0.2, 0.25) is 0 Å². The molecule has 2 aliphatic heterocycles. The number of rotatable bonds is 1. The molecule has 0 saturated carbocycles. The van der Waals surface area contributed by atoms with Crippen molar-refractivity contribution in [2.24, 2.45) is 0 Å². The van der Waals surface area contributed by atoms with Crippen LogP contribution in [0.15, 0.2) is 42.7 Å². The smallest absolute Gasteiger partial charge is 0.191 e. The fourth-order valence-electron chi connectivity index (χ4n) is 1.98. The van der Waals surface area contributed by atoms with Crippen molar-refractivity contribution in [3.8, 4) is 0 Å². The highest BCUT2D eigenvalue weighted by Crippen LogP contribution is 2.29. The van der Waals surface area contributed by atoms with Crippen LogP contribution in [0.1, 0.15) is 11.9 Å². The molecule has 0 aromatic heterocycles. The summed E-state index contributed by atoms with van der Waals surface area (Å²) in [5.74, 6) is -0.0644. The van der Waals surface area contributed by atoms with Gasteiger partial charge in [0.25, 0.3) is 0 Å². The minimum absolute atomic E-state index is 0.0644. The summed E-state index contributed by atoms with van der Waals surface area (Å²) in [6, 6.07) is 9.57. The van der Waals surface area contributed by atoms with Crippen LogP contribution in [0, 0.1) is 0 Å². The third-order valence-corrected chi connectivity index (χ3v) is 2.86. The van der Waals surface area contributed by atoms with Crippen molar-refractivity contribution >= 4 is 5.78 Å². The highest BCUT2D eigenvalue weighted by Gasteiger charge is 2.39. The van der Waals surface area contributed by atoms with E-state index in [1.807, 2.05) is 30.3 Å². The molecule has 1 unspecified atom stereocenters. The van der Waals surface area contributed by atoms with Gasteiger partial charge in [0.05, 0.1) is 12.9 Å². The number of carbonyl (C=O) groups is 1. The van der Waals surface area contributed by atoms with E-state index in [0.717, 1.165) is 5.56 Å². The van der Waals surface area contributed by atoms with Crippen LogP contribution in [-0.4, -0.2) is 24.6 Å². The predicted molar refractivity (Wildman–Crippen MR) is 59.0 cm³/mol. The van der Waals surface area contributed by atoms with E-state index in [4.69, 9.17) is 14.2 Å². The van der Waals surface area contributed by atoms with Crippen LogP contribution in [0.5, 0.6) is 0 Å². The zero-order valence-electron chi connectivity index (χ0n) is 9.11. The van der Waals surface area contributed by atoms with Gasteiger partial charge in [0.2, 0.25) is 0 Å². The molecule has 0 aliphatic carbocycles. The maximum absolute atomic E-state index is 11.7. The second-order valence-corrected chi connectivity index (χ2v) is 4.01. The van der Waals surface area contributed by atoms with Gasteiger partial charge in [0.15, 0.2) is 24.3 Å². The molecule has 88 valence electrons. The Kier molecular flexibility index (Phi) is 2.66. The molecule has 2 heterocycles. The standard InChI is InChI=1S/C13H12O4/c14-10-6-7-15-11-8-16-13(17-12(10)11)9-4-2-1-3-5-9/h1-7,11-13H,8H2/t11-,12+,13?/m1/s1. The van der Waals surface area contributed by atoms with Gasteiger partial charge in [-0.1, -0.05) is 30.3 Å². The molecule has 2 aliphatic rings. The number of benzene rings is 1. The Balaban J connectivity index is 1.79. The first kappa shape index (κ1) is 10.5. The first-order valence-corrected chi connectivity index (χ1v) is 5.52. The summed E-state index contributed by atoms with van der Waals surface area (Å²) < 4.78 is 16.5. The van der Waals surface area contributed by atoms with Gasteiger partial charge >= 0.3 is 0 Å². The van der Waals surface area contributed by atoms with E-state index in [1.54, 1.807) is 0 Å². The number of hydrogen-bond acceptors (Lipinski definition) is 4. The topological polar surface area (TPSA) is 44.8 Å². The summed E-state index contributed by atoms with van der Waals surface area (Å²) in [6.45, 7) is 0.361.